The molecule has 102 valence electrons. The van der Waals surface area contributed by atoms with Gasteiger partial charge >= 0.3 is 0 Å². The monoisotopic (exact) mass is 271 g/mol. The highest BCUT2D eigenvalue weighted by atomic mass is 32.2. The standard InChI is InChI=1S/C12H21N3O2S/c1-3-10-4-6-11(7-5-10)15(2)18(16,17)12-8-13-9-14-12/h8-11H,3-7H2,1-2H3,(H,13,14). The van der Waals surface area contributed by atoms with Crippen molar-refractivity contribution in [2.24, 2.45) is 5.92 Å². The predicted molar refractivity (Wildman–Crippen MR) is 69.6 cm³/mol. The molecule has 18 heavy (non-hydrogen) atoms. The first-order valence-electron chi connectivity index (χ1n) is 6.52. The molecule has 1 heterocycles. The number of nitrogens with one attached hydrogen (secondary N) is 1. The van der Waals surface area contributed by atoms with Crippen LogP contribution >= 0.6 is 0 Å². The molecule has 1 saturated carbocycles. The van der Waals surface area contributed by atoms with E-state index in [1.807, 2.05) is 0 Å². The number of nitrogens with zero attached hydrogens (tertiary/aromatic N) is 2. The van der Waals surface area contributed by atoms with Gasteiger partial charge in [0.1, 0.15) is 0 Å². The molecule has 0 spiro atoms. The number of imidazole rings is 1. The maximum Gasteiger partial charge on any atom is 0.260 e. The molecule has 0 unspecified atom stereocenters. The Morgan fingerprint density at radius 3 is 2.56 bits per heavy atom. The van der Waals surface area contributed by atoms with Crippen LogP contribution in [0.15, 0.2) is 17.6 Å². The minimum absolute atomic E-state index is 0.126. The van der Waals surface area contributed by atoms with E-state index in [1.54, 1.807) is 7.05 Å². The molecule has 1 aromatic rings. The Morgan fingerprint density at radius 1 is 1.39 bits per heavy atom. The van der Waals surface area contributed by atoms with Gasteiger partial charge in [-0.15, -0.1) is 0 Å². The van der Waals surface area contributed by atoms with Crippen LogP contribution in [0.1, 0.15) is 39.0 Å². The van der Waals surface area contributed by atoms with Crippen molar-refractivity contribution < 1.29 is 8.42 Å². The van der Waals surface area contributed by atoms with Gasteiger partial charge in [-0.3, -0.25) is 0 Å². The fourth-order valence-electron chi connectivity index (χ4n) is 2.65. The van der Waals surface area contributed by atoms with Gasteiger partial charge in [-0.2, -0.15) is 4.31 Å². The van der Waals surface area contributed by atoms with E-state index in [-0.39, 0.29) is 11.1 Å². The number of hydrogen-bond acceptors (Lipinski definition) is 3. The van der Waals surface area contributed by atoms with Crippen molar-refractivity contribution in [3.8, 4) is 0 Å². The van der Waals surface area contributed by atoms with E-state index < -0.39 is 10.0 Å². The molecule has 0 radical (unpaired) electrons. The van der Waals surface area contributed by atoms with Gasteiger partial charge in [0.2, 0.25) is 0 Å². The summed E-state index contributed by atoms with van der Waals surface area (Å²) in [5, 5.41) is 0.183. The maximum absolute atomic E-state index is 12.3. The van der Waals surface area contributed by atoms with Gasteiger partial charge in [0.05, 0.1) is 12.5 Å². The normalized spacial score (nSPS) is 25.5. The van der Waals surface area contributed by atoms with E-state index >= 15 is 0 Å². The summed E-state index contributed by atoms with van der Waals surface area (Å²) in [7, 11) is -1.73. The molecule has 2 rings (SSSR count). The third-order valence-electron chi connectivity index (χ3n) is 4.04. The molecule has 0 saturated heterocycles. The minimum atomic E-state index is -3.40. The van der Waals surface area contributed by atoms with Gasteiger partial charge in [-0.1, -0.05) is 13.3 Å². The van der Waals surface area contributed by atoms with Crippen molar-refractivity contribution in [1.82, 2.24) is 14.3 Å². The summed E-state index contributed by atoms with van der Waals surface area (Å²) in [5.74, 6) is 0.768. The van der Waals surface area contributed by atoms with Crippen LogP contribution in [0.25, 0.3) is 0 Å². The largest absolute Gasteiger partial charge is 0.335 e. The van der Waals surface area contributed by atoms with Crippen LogP contribution in [0.5, 0.6) is 0 Å². The number of aromatic nitrogens is 2. The first kappa shape index (κ1) is 13.5. The zero-order chi connectivity index (χ0) is 13.2. The van der Waals surface area contributed by atoms with Crippen LogP contribution < -0.4 is 0 Å². The predicted octanol–water partition coefficient (Wildman–Crippen LogP) is 2.00. The topological polar surface area (TPSA) is 66.1 Å². The Morgan fingerprint density at radius 2 is 2.06 bits per heavy atom. The van der Waals surface area contributed by atoms with Crippen LogP contribution in [0.3, 0.4) is 0 Å². The molecule has 5 nitrogen and oxygen atoms in total. The van der Waals surface area contributed by atoms with Crippen molar-refractivity contribution >= 4 is 10.0 Å². The molecule has 0 bridgehead atoms. The van der Waals surface area contributed by atoms with Crippen molar-refractivity contribution in [3.63, 3.8) is 0 Å². The Kier molecular flexibility index (Phi) is 4.07. The second-order valence-corrected chi connectivity index (χ2v) is 6.99. The van der Waals surface area contributed by atoms with Crippen LogP contribution in [-0.4, -0.2) is 35.8 Å². The van der Waals surface area contributed by atoms with E-state index in [0.29, 0.717) is 0 Å². The molecular formula is C12H21N3O2S. The zero-order valence-corrected chi connectivity index (χ0v) is 11.8. The van der Waals surface area contributed by atoms with Crippen LogP contribution in [0.4, 0.5) is 0 Å². The van der Waals surface area contributed by atoms with Gasteiger partial charge in [0.15, 0.2) is 5.03 Å². The highest BCUT2D eigenvalue weighted by Gasteiger charge is 2.31. The van der Waals surface area contributed by atoms with E-state index in [4.69, 9.17) is 0 Å². The second-order valence-electron chi connectivity index (χ2n) is 5.02. The Labute approximate surface area is 109 Å². The first-order valence-corrected chi connectivity index (χ1v) is 7.96. The van der Waals surface area contributed by atoms with Crippen molar-refractivity contribution in [3.05, 3.63) is 12.5 Å². The van der Waals surface area contributed by atoms with Crippen molar-refractivity contribution in [2.45, 2.75) is 50.1 Å². The van der Waals surface area contributed by atoms with Gasteiger partial charge in [0.25, 0.3) is 10.0 Å². The third-order valence-corrected chi connectivity index (χ3v) is 5.87. The number of aromatic amines is 1. The number of rotatable bonds is 4. The Hall–Kier alpha value is -0.880. The quantitative estimate of drug-likeness (QED) is 0.910. The lowest BCUT2D eigenvalue weighted by atomic mass is 9.85. The molecule has 0 atom stereocenters. The Balaban J connectivity index is 2.06. The van der Waals surface area contributed by atoms with Crippen LogP contribution in [0, 0.1) is 5.92 Å². The summed E-state index contributed by atoms with van der Waals surface area (Å²) in [6, 6.07) is 0.126. The molecule has 1 N–H and O–H groups in total. The molecule has 1 aliphatic carbocycles. The average Bonchev–Trinajstić information content (AvgIpc) is 2.92. The lowest BCUT2D eigenvalue weighted by Crippen LogP contribution is -2.39. The lowest BCUT2D eigenvalue weighted by molar-refractivity contribution is 0.232. The molecule has 0 aliphatic heterocycles. The van der Waals surface area contributed by atoms with Gasteiger partial charge in [0, 0.05) is 13.1 Å². The fraction of sp³-hybridized carbons (Fsp3) is 0.750. The number of H-pyrrole nitrogens is 1. The fourth-order valence-corrected chi connectivity index (χ4v) is 3.96. The van der Waals surface area contributed by atoms with Crippen molar-refractivity contribution in [1.29, 1.82) is 0 Å². The average molecular weight is 271 g/mol. The molecule has 0 aromatic carbocycles. The maximum atomic E-state index is 12.3. The van der Waals surface area contributed by atoms with E-state index in [2.05, 4.69) is 16.9 Å². The highest BCUT2D eigenvalue weighted by molar-refractivity contribution is 7.89. The Bertz CT molecular complexity index is 462. The molecule has 1 fully saturated rings. The summed E-state index contributed by atoms with van der Waals surface area (Å²) < 4.78 is 26.1. The first-order chi connectivity index (χ1) is 8.55. The van der Waals surface area contributed by atoms with Crippen LogP contribution in [-0.2, 0) is 10.0 Å². The lowest BCUT2D eigenvalue weighted by Gasteiger charge is -2.33. The summed E-state index contributed by atoms with van der Waals surface area (Å²) >= 11 is 0. The van der Waals surface area contributed by atoms with Gasteiger partial charge in [-0.05, 0) is 31.6 Å². The van der Waals surface area contributed by atoms with E-state index in [1.165, 1.54) is 23.3 Å². The van der Waals surface area contributed by atoms with E-state index in [0.717, 1.165) is 31.6 Å². The second kappa shape index (κ2) is 5.40. The summed E-state index contributed by atoms with van der Waals surface area (Å²) in [6.45, 7) is 2.20. The molecule has 0 amide bonds. The summed E-state index contributed by atoms with van der Waals surface area (Å²) in [6.07, 6.45) is 8.14. The van der Waals surface area contributed by atoms with E-state index in [9.17, 15) is 8.42 Å². The molecule has 1 aliphatic rings. The number of hydrogen-bond donors (Lipinski definition) is 1. The molecular weight excluding hydrogens is 250 g/mol. The summed E-state index contributed by atoms with van der Waals surface area (Å²) in [5.41, 5.74) is 0. The smallest absolute Gasteiger partial charge is 0.260 e. The van der Waals surface area contributed by atoms with Gasteiger partial charge < -0.3 is 4.98 Å². The molecule has 6 heteroatoms. The van der Waals surface area contributed by atoms with Crippen LogP contribution in [0.2, 0.25) is 0 Å². The minimum Gasteiger partial charge on any atom is -0.335 e. The van der Waals surface area contributed by atoms with Gasteiger partial charge in [-0.25, -0.2) is 13.4 Å². The summed E-state index contributed by atoms with van der Waals surface area (Å²) in [4.78, 5) is 6.46. The highest BCUT2D eigenvalue weighted by Crippen LogP contribution is 2.30. The zero-order valence-electron chi connectivity index (χ0n) is 11.0. The third kappa shape index (κ3) is 2.59. The SMILES string of the molecule is CCC1CCC(N(C)S(=O)(=O)c2cnc[nH]2)CC1. The molecule has 1 aromatic heterocycles. The van der Waals surface area contributed by atoms with Crippen molar-refractivity contribution in [2.75, 3.05) is 7.05 Å². The number of sulfonamides is 1.